The van der Waals surface area contributed by atoms with Crippen LogP contribution in [0.5, 0.6) is 0 Å². The Hall–Kier alpha value is -18.5. The molecule has 0 amide bonds. The molecule has 0 saturated carbocycles. The number of aromatic nitrogens is 4. The fourth-order valence-corrected chi connectivity index (χ4v) is 19.0. The third kappa shape index (κ3) is 15.8. The number of pyridine rings is 2. The summed E-state index contributed by atoms with van der Waals surface area (Å²) in [5, 5.41) is 42.6. The van der Waals surface area contributed by atoms with E-state index < -0.39 is 22.6 Å². The lowest BCUT2D eigenvalue weighted by molar-refractivity contribution is 0.0524. The van der Waals surface area contributed by atoms with Crippen molar-refractivity contribution in [2.24, 2.45) is 7.05 Å². The molecule has 4 aliphatic carbocycles. The second kappa shape index (κ2) is 36.1. The van der Waals surface area contributed by atoms with Crippen LogP contribution < -0.4 is 64.8 Å². The van der Waals surface area contributed by atoms with Gasteiger partial charge in [-0.3, -0.25) is 43.2 Å². The Kier molecular flexibility index (Phi) is 23.0. The predicted molar refractivity (Wildman–Crippen MR) is 550 cm³/mol. The number of carbonyl (C=O) groups excluding carboxylic acids is 4. The number of nitrogens with zero attached hydrogens (tertiary/aromatic N) is 3. The van der Waals surface area contributed by atoms with E-state index in [1.807, 2.05) is 186 Å². The second-order valence-corrected chi connectivity index (χ2v) is 34.5. The number of hydrogen-bond acceptors (Lipinski definition) is 19. The molecule has 0 atom stereocenters. The number of ketones is 3. The fourth-order valence-electron chi connectivity index (χ4n) is 19.0. The topological polar surface area (TPSA) is 315 Å². The van der Waals surface area contributed by atoms with E-state index in [4.69, 9.17) is 4.74 Å². The maximum absolute atomic E-state index is 13.9. The van der Waals surface area contributed by atoms with Gasteiger partial charge in [-0.05, 0) is 160 Å². The number of aryl methyl sites for hydroxylation is 6. The van der Waals surface area contributed by atoms with Gasteiger partial charge in [0.05, 0.1) is 83.8 Å². The van der Waals surface area contributed by atoms with Gasteiger partial charge in [-0.1, -0.05) is 259 Å². The number of carbonyl (C=O) groups is 4. The number of rotatable bonds is 14. The minimum absolute atomic E-state index is 0.0740. The second-order valence-electron chi connectivity index (χ2n) is 34.5. The Bertz CT molecular complexity index is 9400. The first-order valence-electron chi connectivity index (χ1n) is 45.1. The molecule has 0 spiro atoms. The van der Waals surface area contributed by atoms with Gasteiger partial charge in [-0.15, -0.1) is 0 Å². The number of aromatic amines is 1. The van der Waals surface area contributed by atoms with E-state index in [2.05, 4.69) is 42.3 Å². The summed E-state index contributed by atoms with van der Waals surface area (Å²) >= 11 is 0. The third-order valence-corrected chi connectivity index (χ3v) is 25.6. The summed E-state index contributed by atoms with van der Waals surface area (Å²) in [6, 6.07) is 99.2. The number of ether oxygens (including phenoxy) is 1. The molecule has 674 valence electrons. The summed E-state index contributed by atoms with van der Waals surface area (Å²) in [6.07, 6.45) is 0. The van der Waals surface area contributed by atoms with Crippen LogP contribution in [-0.4, -0.2) is 59.7 Å². The average Bonchev–Trinajstić information content (AvgIpc) is 0.719. The lowest BCUT2D eigenvalue weighted by Gasteiger charge is -2.25. The van der Waals surface area contributed by atoms with Crippen LogP contribution in [0.1, 0.15) is 104 Å². The van der Waals surface area contributed by atoms with Gasteiger partial charge < -0.3 is 45.8 Å². The van der Waals surface area contributed by atoms with Crippen molar-refractivity contribution in [2.75, 3.05) is 27.9 Å². The quantitative estimate of drug-likeness (QED) is 0.0393. The number of anilines is 8. The van der Waals surface area contributed by atoms with Crippen LogP contribution in [0.4, 0.5) is 45.5 Å². The molecule has 139 heavy (non-hydrogen) atoms. The standard InChI is InChI=1S/2C31H22N2O3.C30H20N2O3.C26H20N2O4/c1-18-12-14-20(15-13-18)32-23-16-17-24-27-25(21-10-6-7-11-22(21)30(35)26(23)27)28(31(36)33(24)2)29(34)19-8-4-3-5-9-19;1-17-12-13-22(18(2)16-17)32-24-15-14-23-26-25(20-10-6-7-11-21(20)30(35)27(24)26)28(31(36)33-23)29(34)19-8-4-3-5-9-19;1-17-11-13-19(14-12-17)31-23-16-15-22-25-24(20-9-5-6-10-21(20)29(34)26(23)25)27(30(35)32-22)28(33)18-7-3-2-4-8-18;1-3-32-26(31)23-20-16-6-4-5-7-17(16)24(29)22-19(27-15-10-8-14(2)9-11-15)13-12-18(21(20)22)28-25(23)30/h3-17,32H,1-2H3;3-16,32,34H,1-2H3;2-16,31,33H,1H3;4-13,27H,3H2,1-2H3,(H,28,30). The molecule has 2 aliphatic heterocycles. The minimum atomic E-state index is -0.711. The molecule has 7 N–H and O–H groups in total. The number of aliphatic hydroxyl groups is 2. The van der Waals surface area contributed by atoms with E-state index in [1.165, 1.54) is 4.57 Å². The summed E-state index contributed by atoms with van der Waals surface area (Å²) in [5.41, 5.74) is 16.4. The van der Waals surface area contributed by atoms with Gasteiger partial charge in [-0.25, -0.2) is 14.8 Å². The molecular weight excluding hydrogens is 1740 g/mol. The van der Waals surface area contributed by atoms with Gasteiger partial charge in [0.15, 0.2) is 28.2 Å². The van der Waals surface area contributed by atoms with Gasteiger partial charge in [0.1, 0.15) is 17.1 Å². The van der Waals surface area contributed by atoms with Crippen molar-refractivity contribution in [3.05, 3.63) is 499 Å². The maximum Gasteiger partial charge on any atom is 0.344 e. The molecule has 2 aromatic heterocycles. The van der Waals surface area contributed by atoms with Crippen molar-refractivity contribution in [2.45, 2.75) is 41.5 Å². The first-order valence-corrected chi connectivity index (χ1v) is 45.1. The van der Waals surface area contributed by atoms with Crippen molar-refractivity contribution in [1.82, 2.24) is 19.5 Å². The Morgan fingerprint density at radius 1 is 0.360 bits per heavy atom. The van der Waals surface area contributed by atoms with Crippen LogP contribution >= 0.6 is 0 Å². The zero-order chi connectivity index (χ0) is 96.5. The molecule has 23 rings (SSSR count). The highest BCUT2D eigenvalue weighted by molar-refractivity contribution is 6.32. The van der Waals surface area contributed by atoms with E-state index >= 15 is 0 Å². The zero-order valence-electron chi connectivity index (χ0n) is 76.1. The van der Waals surface area contributed by atoms with Crippen molar-refractivity contribution >= 4 is 145 Å². The SMILES string of the molecule is CCOC(=O)c1c2c3c(c(Nc4ccc(C)cc4)ccc3[nH]c1=O)C(=O)c1ccccc1-2.Cc1ccc(Nc2ccc3c4c2C(=O)c2ccccc2-c4c(C(=O)c2ccccc2)c(=O)n3C)cc1.Cc1ccc(Nc2ccc3nc(=O)c(=C(O)c4ccccc4)c4c5ccccc5c(=O)c2c3=4)c(C)c1.Cc1ccc(Nc2ccc3nc(=O)c(=C(O)c4ccccc4)c4c5ccccc5c(=O)c2c3=4)cc1. The van der Waals surface area contributed by atoms with Crippen LogP contribution in [0.2, 0.25) is 0 Å². The number of fused-ring (bicyclic) bond motifs is 8. The molecule has 21 heteroatoms. The van der Waals surface area contributed by atoms with Gasteiger partial charge in [-0.2, -0.15) is 0 Å². The molecule has 15 aromatic carbocycles. The molecule has 0 unspecified atom stereocenters. The molecule has 0 radical (unpaired) electrons. The molecule has 0 saturated heterocycles. The molecular formula is C118H84N8O13. The summed E-state index contributed by atoms with van der Waals surface area (Å²) in [7, 11) is 1.64. The van der Waals surface area contributed by atoms with Gasteiger partial charge in [0, 0.05) is 117 Å². The highest BCUT2D eigenvalue weighted by Crippen LogP contribution is 2.47. The Labute approximate surface area is 791 Å². The Morgan fingerprint density at radius 2 is 0.741 bits per heavy atom. The lowest BCUT2D eigenvalue weighted by Crippen LogP contribution is -2.33. The largest absolute Gasteiger partial charge is 0.506 e. The Balaban J connectivity index is 0.000000114. The maximum atomic E-state index is 13.9. The molecule has 0 fully saturated rings. The first-order chi connectivity index (χ1) is 67.4. The van der Waals surface area contributed by atoms with Crippen molar-refractivity contribution in [3.63, 3.8) is 0 Å². The lowest BCUT2D eigenvalue weighted by atomic mass is 9.80. The van der Waals surface area contributed by atoms with Gasteiger partial charge in [0.25, 0.3) is 22.2 Å². The summed E-state index contributed by atoms with van der Waals surface area (Å²) < 4.78 is 6.65. The molecule has 6 aliphatic rings. The number of nitrogens with one attached hydrogen (secondary N) is 5. The highest BCUT2D eigenvalue weighted by atomic mass is 16.5. The molecule has 21 nitrogen and oxygen atoms in total. The summed E-state index contributed by atoms with van der Waals surface area (Å²) in [4.78, 5) is 146. The van der Waals surface area contributed by atoms with E-state index in [1.54, 1.807) is 184 Å². The number of benzene rings is 15. The molecule has 0 bridgehead atoms. The highest BCUT2D eigenvalue weighted by Gasteiger charge is 2.37. The van der Waals surface area contributed by atoms with E-state index in [0.29, 0.717) is 170 Å². The van der Waals surface area contributed by atoms with E-state index in [0.717, 1.165) is 50.6 Å². The number of H-pyrrole nitrogens is 1. The molecule has 17 aromatic rings. The normalized spacial score (nSPS) is 12.1. The monoisotopic (exact) mass is 1820 g/mol. The number of hydrogen-bond donors (Lipinski definition) is 7. The Morgan fingerprint density at radius 3 is 1.20 bits per heavy atom. The third-order valence-electron chi connectivity index (χ3n) is 25.6. The predicted octanol–water partition coefficient (Wildman–Crippen LogP) is 20.8. The smallest absolute Gasteiger partial charge is 0.344 e. The summed E-state index contributed by atoms with van der Waals surface area (Å²) in [5.74, 6) is -1.71. The van der Waals surface area contributed by atoms with Gasteiger partial charge in [0.2, 0.25) is 0 Å². The summed E-state index contributed by atoms with van der Waals surface area (Å²) in [6.45, 7) is 11.9. The van der Waals surface area contributed by atoms with Crippen molar-refractivity contribution in [1.29, 1.82) is 0 Å². The van der Waals surface area contributed by atoms with Crippen molar-refractivity contribution < 1.29 is 34.1 Å². The van der Waals surface area contributed by atoms with E-state index in [9.17, 15) is 58.2 Å². The van der Waals surface area contributed by atoms with Crippen LogP contribution in [0.25, 0.3) is 98.9 Å². The zero-order valence-corrected chi connectivity index (χ0v) is 76.1. The molecule has 4 heterocycles. The van der Waals surface area contributed by atoms with E-state index in [-0.39, 0.29) is 73.5 Å². The number of esters is 1. The van der Waals surface area contributed by atoms with Crippen molar-refractivity contribution in [3.8, 4) is 22.3 Å². The van der Waals surface area contributed by atoms with Gasteiger partial charge >= 0.3 is 5.97 Å². The van der Waals surface area contributed by atoms with Crippen LogP contribution in [0, 0.1) is 55.5 Å². The van der Waals surface area contributed by atoms with Crippen LogP contribution in [-0.2, 0) is 11.8 Å². The number of aliphatic hydroxyl groups excluding tert-OH is 2. The minimum Gasteiger partial charge on any atom is -0.506 e. The fraction of sp³-hybridized carbons (Fsp3) is 0.0678. The van der Waals surface area contributed by atoms with Crippen LogP contribution in [0.15, 0.2) is 356 Å². The first kappa shape index (κ1) is 88.4. The van der Waals surface area contributed by atoms with Crippen LogP contribution in [0.3, 0.4) is 0 Å². The average molecular weight is 1820 g/mol.